The molecule has 5 heteroatoms. The third-order valence-electron chi connectivity index (χ3n) is 7.09. The van der Waals surface area contributed by atoms with Gasteiger partial charge in [0.2, 0.25) is 0 Å². The Morgan fingerprint density at radius 1 is 1.36 bits per heavy atom. The molecule has 1 saturated heterocycles. The second-order valence-electron chi connectivity index (χ2n) is 8.49. The predicted octanol–water partition coefficient (Wildman–Crippen LogP) is 4.04. The predicted molar refractivity (Wildman–Crippen MR) is 111 cm³/mol. The van der Waals surface area contributed by atoms with Crippen molar-refractivity contribution in [2.24, 2.45) is 5.92 Å². The highest BCUT2D eigenvalue weighted by Gasteiger charge is 2.55. The summed E-state index contributed by atoms with van der Waals surface area (Å²) < 4.78 is 10.9. The smallest absolute Gasteiger partial charge is 0.319 e. The molecule has 0 aliphatic carbocycles. The van der Waals surface area contributed by atoms with E-state index < -0.39 is 5.41 Å². The number of benzene rings is 1. The summed E-state index contributed by atoms with van der Waals surface area (Å²) in [5.41, 5.74) is 2.76. The number of H-pyrrole nitrogens is 1. The van der Waals surface area contributed by atoms with Crippen molar-refractivity contribution >= 4 is 16.9 Å². The molecular weight excluding hydrogens is 352 g/mol. The topological polar surface area (TPSA) is 54.6 Å². The average Bonchev–Trinajstić information content (AvgIpc) is 3.06. The van der Waals surface area contributed by atoms with Crippen LogP contribution >= 0.6 is 0 Å². The highest BCUT2D eigenvalue weighted by Crippen LogP contribution is 2.48. The summed E-state index contributed by atoms with van der Waals surface area (Å²) in [6, 6.07) is 6.26. The number of rotatable bonds is 5. The molecule has 28 heavy (non-hydrogen) atoms. The Labute approximate surface area is 167 Å². The third-order valence-corrected chi connectivity index (χ3v) is 7.09. The van der Waals surface area contributed by atoms with Gasteiger partial charge in [0, 0.05) is 35.7 Å². The quantitative estimate of drug-likeness (QED) is 0.791. The van der Waals surface area contributed by atoms with E-state index in [1.165, 1.54) is 37.3 Å². The lowest BCUT2D eigenvalue weighted by atomic mass is 9.67. The minimum Gasteiger partial charge on any atom is -0.497 e. The Bertz CT molecular complexity index is 874. The second kappa shape index (κ2) is 7.43. The first kappa shape index (κ1) is 19.3. The average molecular weight is 385 g/mol. The number of aromatic nitrogens is 1. The molecule has 2 aliphatic rings. The number of hydrogen-bond acceptors (Lipinski definition) is 4. The van der Waals surface area contributed by atoms with Gasteiger partial charge in [0.1, 0.15) is 11.2 Å². The van der Waals surface area contributed by atoms with Crippen LogP contribution in [0.2, 0.25) is 0 Å². The van der Waals surface area contributed by atoms with Gasteiger partial charge in [-0.3, -0.25) is 9.69 Å². The van der Waals surface area contributed by atoms with E-state index in [0.717, 1.165) is 42.9 Å². The van der Waals surface area contributed by atoms with Gasteiger partial charge in [0.05, 0.1) is 14.2 Å². The molecule has 0 spiro atoms. The molecule has 1 aromatic heterocycles. The van der Waals surface area contributed by atoms with Gasteiger partial charge in [0.25, 0.3) is 0 Å². The molecular formula is C23H32N2O3. The summed E-state index contributed by atoms with van der Waals surface area (Å²) in [4.78, 5) is 19.5. The van der Waals surface area contributed by atoms with Crippen molar-refractivity contribution in [1.29, 1.82) is 0 Å². The maximum absolute atomic E-state index is 13.4. The first-order chi connectivity index (χ1) is 13.5. The van der Waals surface area contributed by atoms with E-state index >= 15 is 0 Å². The molecule has 1 aromatic carbocycles. The van der Waals surface area contributed by atoms with Gasteiger partial charge in [0.15, 0.2) is 0 Å². The molecule has 4 atom stereocenters. The summed E-state index contributed by atoms with van der Waals surface area (Å²) >= 11 is 0. The summed E-state index contributed by atoms with van der Waals surface area (Å²) in [5, 5.41) is 1.17. The van der Waals surface area contributed by atoms with Crippen LogP contribution in [-0.2, 0) is 21.4 Å². The van der Waals surface area contributed by atoms with Crippen molar-refractivity contribution in [3.05, 3.63) is 29.5 Å². The summed E-state index contributed by atoms with van der Waals surface area (Å²) in [6.45, 7) is 6.48. The van der Waals surface area contributed by atoms with Crippen molar-refractivity contribution in [1.82, 2.24) is 9.88 Å². The molecule has 1 fully saturated rings. The highest BCUT2D eigenvalue weighted by molar-refractivity contribution is 5.92. The summed E-state index contributed by atoms with van der Waals surface area (Å²) in [7, 11) is 3.22. The number of carbonyl (C=O) groups is 1. The molecule has 4 rings (SSSR count). The number of piperidine rings is 1. The Morgan fingerprint density at radius 2 is 2.18 bits per heavy atom. The first-order valence-electron chi connectivity index (χ1n) is 10.6. The van der Waals surface area contributed by atoms with Gasteiger partial charge in [-0.1, -0.05) is 19.8 Å². The van der Waals surface area contributed by atoms with E-state index in [1.54, 1.807) is 7.11 Å². The highest BCUT2D eigenvalue weighted by atomic mass is 16.5. The zero-order valence-corrected chi connectivity index (χ0v) is 17.5. The fourth-order valence-corrected chi connectivity index (χ4v) is 5.56. The third kappa shape index (κ3) is 2.83. The molecule has 2 aromatic rings. The van der Waals surface area contributed by atoms with E-state index in [9.17, 15) is 4.79 Å². The Morgan fingerprint density at radius 3 is 2.89 bits per heavy atom. The second-order valence-corrected chi connectivity index (χ2v) is 8.49. The SMILES string of the molecule is CCCCC1CN2CCc3c([nH]c4ccc(OC)cc34)C(C(=O)OC)(C1)C2C. The van der Waals surface area contributed by atoms with Crippen LogP contribution in [0, 0.1) is 5.92 Å². The minimum absolute atomic E-state index is 0.104. The summed E-state index contributed by atoms with van der Waals surface area (Å²) in [6.07, 6.45) is 5.36. The zero-order chi connectivity index (χ0) is 19.9. The number of methoxy groups -OCH3 is 2. The van der Waals surface area contributed by atoms with Crippen LogP contribution in [0.3, 0.4) is 0 Å². The lowest BCUT2D eigenvalue weighted by Gasteiger charge is -2.48. The number of fused-ring (bicyclic) bond motifs is 6. The number of nitrogens with zero attached hydrogens (tertiary/aromatic N) is 1. The fourth-order valence-electron chi connectivity index (χ4n) is 5.56. The molecule has 2 bridgehead atoms. The van der Waals surface area contributed by atoms with Crippen LogP contribution in [0.4, 0.5) is 0 Å². The molecule has 0 radical (unpaired) electrons. The molecule has 4 unspecified atom stereocenters. The van der Waals surface area contributed by atoms with E-state index in [-0.39, 0.29) is 12.0 Å². The van der Waals surface area contributed by atoms with Crippen molar-refractivity contribution in [2.75, 3.05) is 27.3 Å². The Hall–Kier alpha value is -2.01. The van der Waals surface area contributed by atoms with Gasteiger partial charge in [-0.25, -0.2) is 0 Å². The molecule has 152 valence electrons. The molecule has 5 nitrogen and oxygen atoms in total. The van der Waals surface area contributed by atoms with E-state index in [1.807, 2.05) is 6.07 Å². The Balaban J connectivity index is 1.90. The van der Waals surface area contributed by atoms with Crippen molar-refractivity contribution in [3.63, 3.8) is 0 Å². The number of hydrogen-bond donors (Lipinski definition) is 1. The molecule has 2 aliphatic heterocycles. The minimum atomic E-state index is -0.635. The van der Waals surface area contributed by atoms with Gasteiger partial charge >= 0.3 is 5.97 Å². The Kier molecular flexibility index (Phi) is 5.13. The number of unbranched alkanes of at least 4 members (excludes halogenated alkanes) is 1. The molecule has 3 heterocycles. The number of nitrogens with one attached hydrogen (secondary N) is 1. The fraction of sp³-hybridized carbons (Fsp3) is 0.609. The van der Waals surface area contributed by atoms with Crippen molar-refractivity contribution in [2.45, 2.75) is 57.4 Å². The lowest BCUT2D eigenvalue weighted by molar-refractivity contribution is -0.154. The van der Waals surface area contributed by atoms with Crippen LogP contribution in [-0.4, -0.2) is 49.2 Å². The monoisotopic (exact) mass is 384 g/mol. The van der Waals surface area contributed by atoms with Crippen LogP contribution in [0.1, 0.15) is 50.8 Å². The maximum Gasteiger partial charge on any atom is 0.319 e. The van der Waals surface area contributed by atoms with E-state index in [2.05, 4.69) is 35.9 Å². The number of ether oxygens (including phenoxy) is 2. The molecule has 0 amide bonds. The zero-order valence-electron chi connectivity index (χ0n) is 17.5. The van der Waals surface area contributed by atoms with Crippen LogP contribution in [0.15, 0.2) is 18.2 Å². The van der Waals surface area contributed by atoms with Gasteiger partial charge in [-0.2, -0.15) is 0 Å². The number of esters is 1. The maximum atomic E-state index is 13.4. The van der Waals surface area contributed by atoms with Crippen LogP contribution < -0.4 is 4.74 Å². The van der Waals surface area contributed by atoms with Gasteiger partial charge < -0.3 is 14.5 Å². The van der Waals surface area contributed by atoms with Gasteiger partial charge in [-0.05, 0) is 55.9 Å². The standard InChI is InChI=1S/C23H32N2O3/c1-5-6-7-16-13-23(22(26)28-4)15(2)25(14-16)11-10-18-19-12-17(27-3)8-9-20(19)24-21(18)23/h8-9,12,15-16,24H,5-7,10-11,13-14H2,1-4H3. The lowest BCUT2D eigenvalue weighted by Crippen LogP contribution is -2.59. The van der Waals surface area contributed by atoms with Crippen molar-refractivity contribution in [3.8, 4) is 5.75 Å². The summed E-state index contributed by atoms with van der Waals surface area (Å²) in [5.74, 6) is 1.26. The normalized spacial score (nSPS) is 29.2. The van der Waals surface area contributed by atoms with Crippen LogP contribution in [0.5, 0.6) is 5.75 Å². The molecule has 1 N–H and O–H groups in total. The molecule has 0 saturated carbocycles. The number of carbonyl (C=O) groups excluding carboxylic acids is 1. The van der Waals surface area contributed by atoms with Crippen molar-refractivity contribution < 1.29 is 14.3 Å². The first-order valence-corrected chi connectivity index (χ1v) is 10.6. The van der Waals surface area contributed by atoms with E-state index in [4.69, 9.17) is 9.47 Å². The van der Waals surface area contributed by atoms with Crippen LogP contribution in [0.25, 0.3) is 10.9 Å². The van der Waals surface area contributed by atoms with Gasteiger partial charge in [-0.15, -0.1) is 0 Å². The number of aromatic amines is 1. The largest absolute Gasteiger partial charge is 0.497 e. The van der Waals surface area contributed by atoms with E-state index in [0.29, 0.717) is 5.92 Å².